The number of aromatic hydroxyl groups is 1. The van der Waals surface area contributed by atoms with Gasteiger partial charge in [0, 0.05) is 13.1 Å². The van der Waals surface area contributed by atoms with Gasteiger partial charge in [-0.05, 0) is 36.1 Å². The van der Waals surface area contributed by atoms with Crippen LogP contribution in [0.4, 0.5) is 13.2 Å². The standard InChI is InChI=1S/C18H16F3NO2/c19-18(20,21)14-5-3-4-12(9-14)8-13-10-22(11-13)17(24)15-6-1-2-7-16(15)23/h1-7,9,13,23H,8,10-11H2. The molecule has 1 aliphatic heterocycles. The highest BCUT2D eigenvalue weighted by molar-refractivity contribution is 5.97. The first-order chi connectivity index (χ1) is 11.3. The van der Waals surface area contributed by atoms with Crippen LogP contribution in [0.1, 0.15) is 21.5 Å². The average Bonchev–Trinajstić information content (AvgIpc) is 2.50. The molecule has 0 unspecified atom stereocenters. The summed E-state index contributed by atoms with van der Waals surface area (Å²) >= 11 is 0. The lowest BCUT2D eigenvalue weighted by atomic mass is 9.91. The molecular weight excluding hydrogens is 319 g/mol. The van der Waals surface area contributed by atoms with E-state index in [0.717, 1.165) is 12.1 Å². The number of phenolic OH excluding ortho intramolecular Hbond substituents is 1. The summed E-state index contributed by atoms with van der Waals surface area (Å²) in [5, 5.41) is 9.70. The Labute approximate surface area is 137 Å². The Kier molecular flexibility index (Phi) is 4.22. The van der Waals surface area contributed by atoms with E-state index in [2.05, 4.69) is 0 Å². The molecule has 0 bridgehead atoms. The van der Waals surface area contributed by atoms with Crippen LogP contribution in [0.15, 0.2) is 48.5 Å². The highest BCUT2D eigenvalue weighted by atomic mass is 19.4. The van der Waals surface area contributed by atoms with E-state index in [9.17, 15) is 23.1 Å². The third-order valence-corrected chi connectivity index (χ3v) is 4.16. The number of benzene rings is 2. The average molecular weight is 335 g/mol. The summed E-state index contributed by atoms with van der Waals surface area (Å²) in [5.41, 5.74) is 0.209. The summed E-state index contributed by atoms with van der Waals surface area (Å²) in [6, 6.07) is 11.6. The van der Waals surface area contributed by atoms with Crippen molar-refractivity contribution >= 4 is 5.91 Å². The number of amides is 1. The largest absolute Gasteiger partial charge is 0.507 e. The van der Waals surface area contributed by atoms with Gasteiger partial charge in [-0.1, -0.05) is 30.3 Å². The van der Waals surface area contributed by atoms with E-state index in [4.69, 9.17) is 0 Å². The number of carbonyl (C=O) groups excluding carboxylic acids is 1. The van der Waals surface area contributed by atoms with Crippen molar-refractivity contribution in [3.8, 4) is 5.75 Å². The summed E-state index contributed by atoms with van der Waals surface area (Å²) in [7, 11) is 0. The molecule has 3 rings (SSSR count). The Morgan fingerprint density at radius 1 is 1.12 bits per heavy atom. The van der Waals surface area contributed by atoms with Crippen LogP contribution >= 0.6 is 0 Å². The number of likely N-dealkylation sites (tertiary alicyclic amines) is 1. The van der Waals surface area contributed by atoms with E-state index in [1.807, 2.05) is 0 Å². The van der Waals surface area contributed by atoms with Crippen molar-refractivity contribution in [3.05, 3.63) is 65.2 Å². The van der Waals surface area contributed by atoms with Gasteiger partial charge in [-0.3, -0.25) is 4.79 Å². The van der Waals surface area contributed by atoms with E-state index >= 15 is 0 Å². The van der Waals surface area contributed by atoms with Crippen LogP contribution in [0.5, 0.6) is 5.75 Å². The fraction of sp³-hybridized carbons (Fsp3) is 0.278. The minimum atomic E-state index is -4.34. The topological polar surface area (TPSA) is 40.5 Å². The molecule has 2 aromatic rings. The SMILES string of the molecule is O=C(c1ccccc1O)N1CC(Cc2cccc(C(F)(F)F)c2)C1. The van der Waals surface area contributed by atoms with Crippen LogP contribution in [0, 0.1) is 5.92 Å². The fourth-order valence-corrected chi connectivity index (χ4v) is 2.90. The quantitative estimate of drug-likeness (QED) is 0.929. The van der Waals surface area contributed by atoms with Crippen molar-refractivity contribution in [1.82, 2.24) is 4.90 Å². The molecule has 2 aromatic carbocycles. The minimum absolute atomic E-state index is 0.0659. The van der Waals surface area contributed by atoms with Crippen molar-refractivity contribution in [1.29, 1.82) is 0 Å². The van der Waals surface area contributed by atoms with Gasteiger partial charge in [0.25, 0.3) is 5.91 Å². The van der Waals surface area contributed by atoms with Gasteiger partial charge in [-0.25, -0.2) is 0 Å². The molecule has 1 N–H and O–H groups in total. The number of hydrogen-bond donors (Lipinski definition) is 1. The van der Waals surface area contributed by atoms with E-state index in [1.165, 1.54) is 12.1 Å². The van der Waals surface area contributed by atoms with Gasteiger partial charge < -0.3 is 10.0 Å². The summed E-state index contributed by atoms with van der Waals surface area (Å²) in [6.45, 7) is 0.951. The number of alkyl halides is 3. The number of para-hydroxylation sites is 1. The van der Waals surface area contributed by atoms with Gasteiger partial charge in [0.15, 0.2) is 0 Å². The van der Waals surface area contributed by atoms with Crippen molar-refractivity contribution in [3.63, 3.8) is 0 Å². The number of phenols is 1. The monoisotopic (exact) mass is 335 g/mol. The molecule has 0 saturated carbocycles. The summed E-state index contributed by atoms with van der Waals surface area (Å²) in [6.07, 6.45) is -3.85. The second-order valence-electron chi connectivity index (χ2n) is 6.00. The van der Waals surface area contributed by atoms with E-state index in [-0.39, 0.29) is 23.1 Å². The Balaban J connectivity index is 1.60. The van der Waals surface area contributed by atoms with Gasteiger partial charge in [0.05, 0.1) is 11.1 Å². The van der Waals surface area contributed by atoms with E-state index < -0.39 is 11.7 Å². The lowest BCUT2D eigenvalue weighted by molar-refractivity contribution is -0.137. The van der Waals surface area contributed by atoms with E-state index in [1.54, 1.807) is 29.2 Å². The number of carbonyl (C=O) groups is 1. The first-order valence-corrected chi connectivity index (χ1v) is 7.58. The summed E-state index contributed by atoms with van der Waals surface area (Å²) < 4.78 is 38.2. The summed E-state index contributed by atoms with van der Waals surface area (Å²) in [4.78, 5) is 13.8. The Bertz CT molecular complexity index is 752. The highest BCUT2D eigenvalue weighted by Gasteiger charge is 2.33. The molecule has 126 valence electrons. The predicted molar refractivity (Wildman–Crippen MR) is 82.6 cm³/mol. The smallest absolute Gasteiger partial charge is 0.416 e. The maximum Gasteiger partial charge on any atom is 0.416 e. The molecule has 1 saturated heterocycles. The van der Waals surface area contributed by atoms with Gasteiger partial charge in [-0.15, -0.1) is 0 Å². The molecule has 3 nitrogen and oxygen atoms in total. The molecule has 0 aliphatic carbocycles. The minimum Gasteiger partial charge on any atom is -0.507 e. The Morgan fingerprint density at radius 3 is 2.50 bits per heavy atom. The molecule has 1 fully saturated rings. The van der Waals surface area contributed by atoms with Gasteiger partial charge >= 0.3 is 6.18 Å². The number of nitrogens with zero attached hydrogens (tertiary/aromatic N) is 1. The van der Waals surface area contributed by atoms with Gasteiger partial charge in [0.1, 0.15) is 5.75 Å². The lowest BCUT2D eigenvalue weighted by Gasteiger charge is -2.39. The lowest BCUT2D eigenvalue weighted by Crippen LogP contribution is -2.50. The molecule has 0 aromatic heterocycles. The first kappa shape index (κ1) is 16.4. The number of hydrogen-bond acceptors (Lipinski definition) is 2. The van der Waals surface area contributed by atoms with Crippen LogP contribution in [-0.2, 0) is 12.6 Å². The molecule has 24 heavy (non-hydrogen) atoms. The zero-order valence-corrected chi connectivity index (χ0v) is 12.8. The molecule has 0 spiro atoms. The molecule has 1 heterocycles. The van der Waals surface area contributed by atoms with Crippen molar-refractivity contribution < 1.29 is 23.1 Å². The van der Waals surface area contributed by atoms with Crippen LogP contribution in [0.2, 0.25) is 0 Å². The van der Waals surface area contributed by atoms with Crippen LogP contribution in [0.3, 0.4) is 0 Å². The van der Waals surface area contributed by atoms with E-state index in [0.29, 0.717) is 25.1 Å². The molecule has 6 heteroatoms. The zero-order chi connectivity index (χ0) is 17.3. The Hall–Kier alpha value is -2.50. The summed E-state index contributed by atoms with van der Waals surface area (Å²) in [5.74, 6) is -0.194. The maximum absolute atomic E-state index is 12.7. The first-order valence-electron chi connectivity index (χ1n) is 7.58. The normalized spacial score (nSPS) is 15.2. The van der Waals surface area contributed by atoms with Crippen molar-refractivity contribution in [2.24, 2.45) is 5.92 Å². The molecule has 1 aliphatic rings. The third-order valence-electron chi connectivity index (χ3n) is 4.16. The van der Waals surface area contributed by atoms with Gasteiger partial charge in [0.2, 0.25) is 0 Å². The van der Waals surface area contributed by atoms with Crippen LogP contribution in [0.25, 0.3) is 0 Å². The second kappa shape index (κ2) is 6.19. The zero-order valence-electron chi connectivity index (χ0n) is 12.8. The molecule has 0 atom stereocenters. The second-order valence-corrected chi connectivity index (χ2v) is 6.00. The number of halogens is 3. The fourth-order valence-electron chi connectivity index (χ4n) is 2.90. The highest BCUT2D eigenvalue weighted by Crippen LogP contribution is 2.31. The molecule has 1 amide bonds. The Morgan fingerprint density at radius 2 is 1.83 bits per heavy atom. The van der Waals surface area contributed by atoms with Crippen LogP contribution in [-0.4, -0.2) is 29.0 Å². The predicted octanol–water partition coefficient (Wildman–Crippen LogP) is 3.73. The van der Waals surface area contributed by atoms with Gasteiger partial charge in [-0.2, -0.15) is 13.2 Å². The molecule has 0 radical (unpaired) electrons. The van der Waals surface area contributed by atoms with Crippen molar-refractivity contribution in [2.45, 2.75) is 12.6 Å². The maximum atomic E-state index is 12.7. The molecular formula is C18H16F3NO2. The van der Waals surface area contributed by atoms with Crippen molar-refractivity contribution in [2.75, 3.05) is 13.1 Å². The number of rotatable bonds is 3. The third kappa shape index (κ3) is 3.37. The van der Waals surface area contributed by atoms with Crippen LogP contribution < -0.4 is 0 Å².